The average Bonchev–Trinajstić information content (AvgIpc) is 2.15. The van der Waals surface area contributed by atoms with Crippen LogP contribution in [0.3, 0.4) is 0 Å². The standard InChI is InChI=1S/C11H16O/c1-3-10-11(9(2)12-10)7-5-4-6-8-11/h3,10H,1-2,4-8H2. The number of rotatable bonds is 1. The molecule has 2 fully saturated rings. The lowest BCUT2D eigenvalue weighted by molar-refractivity contribution is -0.107. The van der Waals surface area contributed by atoms with Gasteiger partial charge in [-0.15, -0.1) is 0 Å². The van der Waals surface area contributed by atoms with Gasteiger partial charge >= 0.3 is 0 Å². The molecule has 1 saturated heterocycles. The minimum absolute atomic E-state index is 0.255. The molecular formula is C11H16O. The van der Waals surface area contributed by atoms with Crippen LogP contribution in [-0.4, -0.2) is 6.10 Å². The largest absolute Gasteiger partial charge is 0.490 e. The Hall–Kier alpha value is -0.720. The molecule has 1 heteroatoms. The van der Waals surface area contributed by atoms with Crippen LogP contribution in [0.4, 0.5) is 0 Å². The van der Waals surface area contributed by atoms with Gasteiger partial charge in [-0.1, -0.05) is 38.5 Å². The third-order valence-corrected chi connectivity index (χ3v) is 3.33. The molecule has 1 unspecified atom stereocenters. The lowest BCUT2D eigenvalue weighted by Crippen LogP contribution is -2.49. The predicted molar refractivity (Wildman–Crippen MR) is 49.7 cm³/mol. The predicted octanol–water partition coefficient (Wildman–Crippen LogP) is 3.04. The van der Waals surface area contributed by atoms with Crippen LogP contribution in [-0.2, 0) is 4.74 Å². The summed E-state index contributed by atoms with van der Waals surface area (Å²) in [5.41, 5.74) is 0.292. The first-order valence-electron chi connectivity index (χ1n) is 4.78. The molecule has 2 aliphatic rings. The lowest BCUT2D eigenvalue weighted by atomic mass is 9.65. The van der Waals surface area contributed by atoms with Gasteiger partial charge in [0.15, 0.2) is 0 Å². The molecule has 1 aliphatic carbocycles. The molecule has 0 radical (unpaired) electrons. The Bertz CT molecular complexity index is 211. The summed E-state index contributed by atoms with van der Waals surface area (Å²) in [7, 11) is 0. The molecule has 1 nitrogen and oxygen atoms in total. The maximum atomic E-state index is 5.47. The van der Waals surface area contributed by atoms with Gasteiger partial charge in [0, 0.05) is 0 Å². The van der Waals surface area contributed by atoms with Crippen molar-refractivity contribution in [1.82, 2.24) is 0 Å². The Labute approximate surface area is 74.1 Å². The van der Waals surface area contributed by atoms with Gasteiger partial charge in [-0.2, -0.15) is 0 Å². The molecular weight excluding hydrogens is 148 g/mol. The quantitative estimate of drug-likeness (QED) is 0.541. The molecule has 0 aromatic carbocycles. The molecule has 0 aromatic heterocycles. The van der Waals surface area contributed by atoms with Gasteiger partial charge in [0.25, 0.3) is 0 Å². The zero-order valence-electron chi connectivity index (χ0n) is 7.51. The van der Waals surface area contributed by atoms with Gasteiger partial charge in [0.1, 0.15) is 6.10 Å². The molecule has 1 atom stereocenters. The Morgan fingerprint density at radius 3 is 2.50 bits per heavy atom. The third kappa shape index (κ3) is 0.855. The Kier molecular flexibility index (Phi) is 1.75. The van der Waals surface area contributed by atoms with Crippen molar-refractivity contribution in [2.24, 2.45) is 5.41 Å². The summed E-state index contributed by atoms with van der Waals surface area (Å²) in [6.45, 7) is 7.77. The fourth-order valence-electron chi connectivity index (χ4n) is 2.50. The van der Waals surface area contributed by atoms with Crippen LogP contribution in [0.15, 0.2) is 25.0 Å². The first-order chi connectivity index (χ1) is 5.79. The fourth-order valence-corrected chi connectivity index (χ4v) is 2.50. The summed E-state index contributed by atoms with van der Waals surface area (Å²) < 4.78 is 5.47. The summed E-state index contributed by atoms with van der Waals surface area (Å²) in [6, 6.07) is 0. The Morgan fingerprint density at radius 2 is 2.00 bits per heavy atom. The van der Waals surface area contributed by atoms with Crippen molar-refractivity contribution in [1.29, 1.82) is 0 Å². The SMILES string of the molecule is C=CC1OC(=C)C12CCCCC2. The van der Waals surface area contributed by atoms with Gasteiger partial charge in [-0.05, 0) is 12.8 Å². The van der Waals surface area contributed by atoms with Crippen LogP contribution in [0.2, 0.25) is 0 Å². The normalized spacial score (nSPS) is 32.3. The molecule has 66 valence electrons. The second-order valence-electron chi connectivity index (χ2n) is 3.91. The molecule has 0 N–H and O–H groups in total. The number of ether oxygens (including phenoxy) is 1. The van der Waals surface area contributed by atoms with Crippen molar-refractivity contribution in [3.63, 3.8) is 0 Å². The van der Waals surface area contributed by atoms with E-state index in [9.17, 15) is 0 Å². The van der Waals surface area contributed by atoms with Crippen LogP contribution in [0, 0.1) is 5.41 Å². The smallest absolute Gasteiger partial charge is 0.129 e. The van der Waals surface area contributed by atoms with Gasteiger partial charge in [0.05, 0.1) is 11.2 Å². The zero-order chi connectivity index (χ0) is 8.60. The topological polar surface area (TPSA) is 9.23 Å². The van der Waals surface area contributed by atoms with Crippen molar-refractivity contribution in [3.05, 3.63) is 25.0 Å². The van der Waals surface area contributed by atoms with Crippen molar-refractivity contribution in [2.75, 3.05) is 0 Å². The van der Waals surface area contributed by atoms with Crippen LogP contribution < -0.4 is 0 Å². The molecule has 2 rings (SSSR count). The average molecular weight is 164 g/mol. The molecule has 0 bridgehead atoms. The van der Waals surface area contributed by atoms with Crippen molar-refractivity contribution in [3.8, 4) is 0 Å². The van der Waals surface area contributed by atoms with Crippen molar-refractivity contribution >= 4 is 0 Å². The van der Waals surface area contributed by atoms with E-state index < -0.39 is 0 Å². The molecule has 1 spiro atoms. The highest BCUT2D eigenvalue weighted by molar-refractivity contribution is 5.21. The van der Waals surface area contributed by atoms with E-state index in [2.05, 4.69) is 13.2 Å². The molecule has 1 saturated carbocycles. The van der Waals surface area contributed by atoms with Crippen LogP contribution in [0.1, 0.15) is 32.1 Å². The van der Waals surface area contributed by atoms with Gasteiger partial charge in [0.2, 0.25) is 0 Å². The molecule has 12 heavy (non-hydrogen) atoms. The fraction of sp³-hybridized carbons (Fsp3) is 0.636. The lowest BCUT2D eigenvalue weighted by Gasteiger charge is -2.52. The highest BCUT2D eigenvalue weighted by Crippen LogP contribution is 2.54. The summed E-state index contributed by atoms with van der Waals surface area (Å²) >= 11 is 0. The minimum Gasteiger partial charge on any atom is -0.490 e. The zero-order valence-corrected chi connectivity index (χ0v) is 7.51. The second kappa shape index (κ2) is 2.65. The third-order valence-electron chi connectivity index (χ3n) is 3.33. The molecule has 0 amide bonds. The Balaban J connectivity index is 2.15. The van der Waals surface area contributed by atoms with E-state index in [1.54, 1.807) is 0 Å². The maximum Gasteiger partial charge on any atom is 0.129 e. The first kappa shape index (κ1) is 7.90. The van der Waals surface area contributed by atoms with Crippen LogP contribution in [0.5, 0.6) is 0 Å². The van der Waals surface area contributed by atoms with E-state index in [1.807, 2.05) is 6.08 Å². The van der Waals surface area contributed by atoms with Crippen molar-refractivity contribution in [2.45, 2.75) is 38.2 Å². The molecule has 0 aromatic rings. The Morgan fingerprint density at radius 1 is 1.33 bits per heavy atom. The monoisotopic (exact) mass is 164 g/mol. The first-order valence-corrected chi connectivity index (χ1v) is 4.78. The number of hydrogen-bond acceptors (Lipinski definition) is 1. The summed E-state index contributed by atoms with van der Waals surface area (Å²) in [5, 5.41) is 0. The van der Waals surface area contributed by atoms with Crippen molar-refractivity contribution < 1.29 is 4.74 Å². The van der Waals surface area contributed by atoms with Gasteiger partial charge in [-0.25, -0.2) is 0 Å². The van der Waals surface area contributed by atoms with E-state index in [-0.39, 0.29) is 6.10 Å². The highest BCUT2D eigenvalue weighted by atomic mass is 16.5. The van der Waals surface area contributed by atoms with E-state index in [4.69, 9.17) is 4.74 Å². The van der Waals surface area contributed by atoms with E-state index in [0.717, 1.165) is 5.76 Å². The molecule has 1 aliphatic heterocycles. The van der Waals surface area contributed by atoms with E-state index in [0.29, 0.717) is 5.41 Å². The van der Waals surface area contributed by atoms with E-state index >= 15 is 0 Å². The number of hydrogen-bond donors (Lipinski definition) is 0. The van der Waals surface area contributed by atoms with Gasteiger partial charge in [-0.3, -0.25) is 0 Å². The minimum atomic E-state index is 0.255. The highest BCUT2D eigenvalue weighted by Gasteiger charge is 2.51. The molecule has 1 heterocycles. The second-order valence-corrected chi connectivity index (χ2v) is 3.91. The van der Waals surface area contributed by atoms with Crippen LogP contribution in [0.25, 0.3) is 0 Å². The summed E-state index contributed by atoms with van der Waals surface area (Å²) in [6.07, 6.45) is 8.72. The maximum absolute atomic E-state index is 5.47. The van der Waals surface area contributed by atoms with E-state index in [1.165, 1.54) is 32.1 Å². The summed E-state index contributed by atoms with van der Waals surface area (Å²) in [5.74, 6) is 1.01. The van der Waals surface area contributed by atoms with Gasteiger partial charge < -0.3 is 4.74 Å². The summed E-state index contributed by atoms with van der Waals surface area (Å²) in [4.78, 5) is 0. The van der Waals surface area contributed by atoms with Crippen LogP contribution >= 0.6 is 0 Å².